The smallest absolute Gasteiger partial charge is 0.248 e. The topological polar surface area (TPSA) is 47.6 Å². The van der Waals surface area contributed by atoms with Crippen LogP contribution in [0.4, 0.5) is 5.69 Å². The van der Waals surface area contributed by atoms with Crippen molar-refractivity contribution in [2.75, 3.05) is 19.5 Å². The first-order valence-electron chi connectivity index (χ1n) is 6.69. The largest absolute Gasteiger partial charge is 0.497 e. The molecule has 0 aliphatic rings. The lowest BCUT2D eigenvalue weighted by atomic mass is 10.1. The lowest BCUT2D eigenvalue weighted by Crippen LogP contribution is -2.08. The number of carbonyl (C=O) groups excluding carboxylic acids is 1. The third-order valence-corrected chi connectivity index (χ3v) is 3.59. The van der Waals surface area contributed by atoms with Gasteiger partial charge in [0.1, 0.15) is 11.5 Å². The minimum absolute atomic E-state index is 0.320. The zero-order chi connectivity index (χ0) is 16.8. The van der Waals surface area contributed by atoms with Crippen molar-refractivity contribution in [1.29, 1.82) is 0 Å². The number of halogens is 2. The number of ether oxygens (including phenoxy) is 2. The standard InChI is InChI=1S/C17H15Cl2NO3/c1-22-13-5-7-16(23-2)11(9-13)3-8-17(21)20-15-6-4-12(18)10-14(15)19/h3-10H,1-2H3,(H,20,21)/b8-3+. The summed E-state index contributed by atoms with van der Waals surface area (Å²) in [5.74, 6) is 0.991. The summed E-state index contributed by atoms with van der Waals surface area (Å²) in [4.78, 5) is 12.0. The van der Waals surface area contributed by atoms with Crippen molar-refractivity contribution in [1.82, 2.24) is 0 Å². The predicted molar refractivity (Wildman–Crippen MR) is 93.7 cm³/mol. The SMILES string of the molecule is COc1ccc(OC)c(/C=C/C(=O)Nc2ccc(Cl)cc2Cl)c1. The van der Waals surface area contributed by atoms with Crippen LogP contribution in [0.25, 0.3) is 6.08 Å². The number of benzene rings is 2. The van der Waals surface area contributed by atoms with Crippen LogP contribution in [0, 0.1) is 0 Å². The van der Waals surface area contributed by atoms with E-state index in [0.29, 0.717) is 27.2 Å². The second kappa shape index (κ2) is 7.90. The van der Waals surface area contributed by atoms with E-state index in [0.717, 1.165) is 5.56 Å². The fraction of sp³-hybridized carbons (Fsp3) is 0.118. The van der Waals surface area contributed by atoms with Crippen LogP contribution in [0.2, 0.25) is 10.0 Å². The average molecular weight is 352 g/mol. The molecule has 2 aromatic carbocycles. The summed E-state index contributed by atoms with van der Waals surface area (Å²) < 4.78 is 10.4. The van der Waals surface area contributed by atoms with Crippen molar-refractivity contribution in [3.63, 3.8) is 0 Å². The van der Waals surface area contributed by atoms with Gasteiger partial charge in [-0.25, -0.2) is 0 Å². The average Bonchev–Trinajstić information content (AvgIpc) is 2.55. The summed E-state index contributed by atoms with van der Waals surface area (Å²) in [5, 5.41) is 3.56. The Morgan fingerprint density at radius 1 is 1.09 bits per heavy atom. The molecule has 0 bridgehead atoms. The van der Waals surface area contributed by atoms with Crippen molar-refractivity contribution in [2.24, 2.45) is 0 Å². The minimum Gasteiger partial charge on any atom is -0.497 e. The van der Waals surface area contributed by atoms with Crippen LogP contribution in [-0.4, -0.2) is 20.1 Å². The van der Waals surface area contributed by atoms with Gasteiger partial charge >= 0.3 is 0 Å². The van der Waals surface area contributed by atoms with Crippen molar-refractivity contribution < 1.29 is 14.3 Å². The molecule has 0 atom stereocenters. The fourth-order valence-electron chi connectivity index (χ4n) is 1.90. The Labute approximate surface area is 144 Å². The number of anilines is 1. The molecule has 2 rings (SSSR count). The van der Waals surface area contributed by atoms with E-state index in [4.69, 9.17) is 32.7 Å². The van der Waals surface area contributed by atoms with E-state index in [1.54, 1.807) is 56.7 Å². The zero-order valence-corrected chi connectivity index (χ0v) is 14.1. The molecule has 0 fully saturated rings. The molecular weight excluding hydrogens is 337 g/mol. The van der Waals surface area contributed by atoms with Gasteiger partial charge in [-0.3, -0.25) is 4.79 Å². The number of amides is 1. The Kier molecular flexibility index (Phi) is 5.90. The molecule has 0 unspecified atom stereocenters. The molecule has 0 heterocycles. The van der Waals surface area contributed by atoms with E-state index in [9.17, 15) is 4.79 Å². The number of methoxy groups -OCH3 is 2. The van der Waals surface area contributed by atoms with Gasteiger partial charge in [-0.2, -0.15) is 0 Å². The van der Waals surface area contributed by atoms with Crippen LogP contribution in [0.1, 0.15) is 5.56 Å². The van der Waals surface area contributed by atoms with Gasteiger partial charge in [0.15, 0.2) is 0 Å². The number of rotatable bonds is 5. The fourth-order valence-corrected chi connectivity index (χ4v) is 2.36. The molecule has 120 valence electrons. The molecule has 0 saturated heterocycles. The van der Waals surface area contributed by atoms with E-state index in [2.05, 4.69) is 5.32 Å². The molecule has 0 aliphatic heterocycles. The number of hydrogen-bond donors (Lipinski definition) is 1. The maximum Gasteiger partial charge on any atom is 0.248 e. The van der Waals surface area contributed by atoms with Gasteiger partial charge in [0.2, 0.25) is 5.91 Å². The summed E-state index contributed by atoms with van der Waals surface area (Å²) >= 11 is 11.8. The Morgan fingerprint density at radius 3 is 2.52 bits per heavy atom. The molecule has 1 N–H and O–H groups in total. The monoisotopic (exact) mass is 351 g/mol. The summed E-state index contributed by atoms with van der Waals surface area (Å²) in [6.07, 6.45) is 3.03. The normalized spacial score (nSPS) is 10.6. The lowest BCUT2D eigenvalue weighted by molar-refractivity contribution is -0.111. The second-order valence-electron chi connectivity index (χ2n) is 4.55. The summed E-state index contributed by atoms with van der Waals surface area (Å²) in [7, 11) is 3.14. The Hall–Kier alpha value is -2.17. The zero-order valence-electron chi connectivity index (χ0n) is 12.6. The number of nitrogens with one attached hydrogen (secondary N) is 1. The highest BCUT2D eigenvalue weighted by Crippen LogP contribution is 2.26. The van der Waals surface area contributed by atoms with Crippen molar-refractivity contribution in [3.05, 3.63) is 58.1 Å². The van der Waals surface area contributed by atoms with Crippen LogP contribution in [-0.2, 0) is 4.79 Å². The summed E-state index contributed by atoms with van der Waals surface area (Å²) in [6.45, 7) is 0. The van der Waals surface area contributed by atoms with Crippen molar-refractivity contribution in [2.45, 2.75) is 0 Å². The Bertz CT molecular complexity index is 745. The first-order chi connectivity index (χ1) is 11.0. The molecule has 1 amide bonds. The van der Waals surface area contributed by atoms with Crippen LogP contribution >= 0.6 is 23.2 Å². The van der Waals surface area contributed by atoms with Crippen molar-refractivity contribution in [3.8, 4) is 11.5 Å². The molecule has 0 aliphatic carbocycles. The highest BCUT2D eigenvalue weighted by atomic mass is 35.5. The van der Waals surface area contributed by atoms with Gasteiger partial charge in [-0.15, -0.1) is 0 Å². The molecule has 23 heavy (non-hydrogen) atoms. The molecule has 0 saturated carbocycles. The quantitative estimate of drug-likeness (QED) is 0.796. The number of hydrogen-bond acceptors (Lipinski definition) is 3. The third kappa shape index (κ3) is 4.65. The highest BCUT2D eigenvalue weighted by Gasteiger charge is 2.05. The Balaban J connectivity index is 2.14. The maximum absolute atomic E-state index is 12.0. The summed E-state index contributed by atoms with van der Waals surface area (Å²) in [5.41, 5.74) is 1.22. The molecule has 0 aromatic heterocycles. The van der Waals surface area contributed by atoms with E-state index in [1.165, 1.54) is 6.08 Å². The molecule has 6 heteroatoms. The van der Waals surface area contributed by atoms with E-state index in [1.807, 2.05) is 0 Å². The Morgan fingerprint density at radius 2 is 1.87 bits per heavy atom. The van der Waals surface area contributed by atoms with Crippen LogP contribution in [0.5, 0.6) is 11.5 Å². The van der Waals surface area contributed by atoms with Crippen LogP contribution < -0.4 is 14.8 Å². The molecule has 4 nitrogen and oxygen atoms in total. The number of carbonyl (C=O) groups is 1. The minimum atomic E-state index is -0.320. The van der Waals surface area contributed by atoms with Gasteiger partial charge in [0.25, 0.3) is 0 Å². The van der Waals surface area contributed by atoms with Gasteiger partial charge in [0.05, 0.1) is 24.9 Å². The van der Waals surface area contributed by atoms with Gasteiger partial charge in [0, 0.05) is 16.7 Å². The van der Waals surface area contributed by atoms with E-state index in [-0.39, 0.29) is 5.91 Å². The van der Waals surface area contributed by atoms with E-state index >= 15 is 0 Å². The lowest BCUT2D eigenvalue weighted by Gasteiger charge is -2.07. The predicted octanol–water partition coefficient (Wildman–Crippen LogP) is 4.66. The van der Waals surface area contributed by atoms with Crippen LogP contribution in [0.3, 0.4) is 0 Å². The second-order valence-corrected chi connectivity index (χ2v) is 5.40. The molecule has 0 radical (unpaired) electrons. The summed E-state index contributed by atoms with van der Waals surface area (Å²) in [6, 6.07) is 10.2. The van der Waals surface area contributed by atoms with Gasteiger partial charge in [-0.05, 0) is 42.5 Å². The highest BCUT2D eigenvalue weighted by molar-refractivity contribution is 6.36. The first-order valence-corrected chi connectivity index (χ1v) is 7.45. The molecule has 0 spiro atoms. The van der Waals surface area contributed by atoms with E-state index < -0.39 is 0 Å². The molecular formula is C17H15Cl2NO3. The maximum atomic E-state index is 12.0. The van der Waals surface area contributed by atoms with Crippen LogP contribution in [0.15, 0.2) is 42.5 Å². The van der Waals surface area contributed by atoms with Gasteiger partial charge in [-0.1, -0.05) is 23.2 Å². The first kappa shape index (κ1) is 17.2. The van der Waals surface area contributed by atoms with Crippen molar-refractivity contribution >= 4 is 40.9 Å². The van der Waals surface area contributed by atoms with Gasteiger partial charge < -0.3 is 14.8 Å². The molecule has 2 aromatic rings. The third-order valence-electron chi connectivity index (χ3n) is 3.04.